The number of phenolic OH excluding ortho intramolecular Hbond substituents is 1. The number of methoxy groups -OCH3 is 2. The second kappa shape index (κ2) is 8.32. The van der Waals surface area contributed by atoms with Crippen LogP contribution in [0.3, 0.4) is 0 Å². The molecule has 30 heavy (non-hydrogen) atoms. The zero-order valence-corrected chi connectivity index (χ0v) is 17.8. The van der Waals surface area contributed by atoms with Gasteiger partial charge in [-0.15, -0.1) is 6.58 Å². The minimum atomic E-state index is -0.865. The van der Waals surface area contributed by atoms with Gasteiger partial charge in [-0.25, -0.2) is 0 Å². The van der Waals surface area contributed by atoms with Crippen molar-refractivity contribution in [2.24, 2.45) is 0 Å². The van der Waals surface area contributed by atoms with Gasteiger partial charge >= 0.3 is 0 Å². The van der Waals surface area contributed by atoms with Gasteiger partial charge in [-0.2, -0.15) is 0 Å². The first-order valence-corrected chi connectivity index (χ1v) is 10.6. The molecule has 2 aromatic carbocycles. The van der Waals surface area contributed by atoms with Gasteiger partial charge in [-0.1, -0.05) is 30.3 Å². The summed E-state index contributed by atoms with van der Waals surface area (Å²) in [7, 11) is 3.24. The fourth-order valence-corrected chi connectivity index (χ4v) is 5.32. The van der Waals surface area contributed by atoms with E-state index in [9.17, 15) is 10.2 Å². The predicted octanol–water partition coefficient (Wildman–Crippen LogP) is 4.15. The van der Waals surface area contributed by atoms with E-state index in [1.165, 1.54) is 0 Å². The molecule has 160 valence electrons. The molecule has 0 saturated carbocycles. The lowest BCUT2D eigenvalue weighted by Crippen LogP contribution is -2.49. The molecule has 2 fully saturated rings. The van der Waals surface area contributed by atoms with Crippen LogP contribution in [-0.4, -0.2) is 41.4 Å². The van der Waals surface area contributed by atoms with E-state index in [-0.39, 0.29) is 5.75 Å². The van der Waals surface area contributed by atoms with Crippen molar-refractivity contribution in [3.8, 4) is 17.2 Å². The van der Waals surface area contributed by atoms with Crippen LogP contribution in [0.5, 0.6) is 17.2 Å². The van der Waals surface area contributed by atoms with Crippen molar-refractivity contribution in [2.45, 2.75) is 56.3 Å². The van der Waals surface area contributed by atoms with E-state index >= 15 is 0 Å². The smallest absolute Gasteiger partial charge is 0.161 e. The van der Waals surface area contributed by atoms with Gasteiger partial charge < -0.3 is 19.7 Å². The summed E-state index contributed by atoms with van der Waals surface area (Å²) in [6.07, 6.45) is 5.93. The number of phenols is 1. The molecule has 4 rings (SSSR count). The summed E-state index contributed by atoms with van der Waals surface area (Å²) >= 11 is 0. The van der Waals surface area contributed by atoms with E-state index in [0.717, 1.165) is 41.8 Å². The van der Waals surface area contributed by atoms with Crippen LogP contribution in [0.1, 0.15) is 42.4 Å². The van der Waals surface area contributed by atoms with Gasteiger partial charge in [0.2, 0.25) is 0 Å². The molecule has 2 aromatic rings. The molecule has 2 aliphatic rings. The van der Waals surface area contributed by atoms with Crippen LogP contribution < -0.4 is 9.47 Å². The standard InChI is InChI=1S/C25H31NO4/c1-4-7-18-12-17(13-23(30-3)24(18)27)16-26-19-10-11-20(26)15-25(28,14-19)21-8-5-6-9-22(21)29-2/h4-6,8-9,12-13,19-20,27-28H,1,7,10-11,14-16H2,2-3H3/t19-,20-/m1/s1. The number of fused-ring (bicyclic) bond motifs is 2. The van der Waals surface area contributed by atoms with Gasteiger partial charge in [0.15, 0.2) is 11.5 Å². The second-order valence-electron chi connectivity index (χ2n) is 8.50. The van der Waals surface area contributed by atoms with Crippen molar-refractivity contribution >= 4 is 0 Å². The maximum Gasteiger partial charge on any atom is 0.161 e. The molecular weight excluding hydrogens is 378 g/mol. The first-order valence-electron chi connectivity index (χ1n) is 10.6. The van der Waals surface area contributed by atoms with E-state index < -0.39 is 5.60 Å². The zero-order valence-electron chi connectivity index (χ0n) is 17.8. The summed E-state index contributed by atoms with van der Waals surface area (Å²) in [6, 6.07) is 12.4. The molecule has 0 spiro atoms. The summed E-state index contributed by atoms with van der Waals surface area (Å²) < 4.78 is 10.9. The third kappa shape index (κ3) is 3.68. The Balaban J connectivity index is 1.58. The third-order valence-corrected chi connectivity index (χ3v) is 6.69. The summed E-state index contributed by atoms with van der Waals surface area (Å²) in [4.78, 5) is 2.51. The molecule has 5 nitrogen and oxygen atoms in total. The predicted molar refractivity (Wildman–Crippen MR) is 117 cm³/mol. The lowest BCUT2D eigenvalue weighted by atomic mass is 9.80. The van der Waals surface area contributed by atoms with E-state index in [1.807, 2.05) is 36.4 Å². The molecular formula is C25H31NO4. The topological polar surface area (TPSA) is 62.2 Å². The molecule has 2 saturated heterocycles. The number of hydrogen-bond donors (Lipinski definition) is 2. The van der Waals surface area contributed by atoms with Crippen molar-refractivity contribution in [1.82, 2.24) is 4.90 Å². The van der Waals surface area contributed by atoms with Crippen molar-refractivity contribution in [2.75, 3.05) is 14.2 Å². The molecule has 5 heteroatoms. The average Bonchev–Trinajstić information content (AvgIpc) is 2.99. The fraction of sp³-hybridized carbons (Fsp3) is 0.440. The van der Waals surface area contributed by atoms with Gasteiger partial charge in [-0.3, -0.25) is 4.90 Å². The fourth-order valence-electron chi connectivity index (χ4n) is 5.32. The van der Waals surface area contributed by atoms with Crippen LogP contribution in [0.2, 0.25) is 0 Å². The van der Waals surface area contributed by atoms with E-state index in [1.54, 1.807) is 20.3 Å². The minimum absolute atomic E-state index is 0.188. The molecule has 0 unspecified atom stereocenters. The Labute approximate surface area is 178 Å². The summed E-state index contributed by atoms with van der Waals surface area (Å²) in [5.74, 6) is 1.44. The Bertz CT molecular complexity index is 911. The van der Waals surface area contributed by atoms with Gasteiger partial charge in [-0.05, 0) is 49.8 Å². The van der Waals surface area contributed by atoms with Gasteiger partial charge in [0.1, 0.15) is 5.75 Å². The van der Waals surface area contributed by atoms with Crippen LogP contribution in [0, 0.1) is 0 Å². The molecule has 0 aliphatic carbocycles. The SMILES string of the molecule is C=CCc1cc(CN2[C@@H]3CC[C@@H]2CC(O)(c2ccccc2OC)C3)cc(OC)c1O. The summed E-state index contributed by atoms with van der Waals surface area (Å²) in [5.41, 5.74) is 1.97. The first-order chi connectivity index (χ1) is 14.5. The maximum atomic E-state index is 11.6. The Hall–Kier alpha value is -2.50. The van der Waals surface area contributed by atoms with Crippen molar-refractivity contribution < 1.29 is 19.7 Å². The Kier molecular flexibility index (Phi) is 5.76. The van der Waals surface area contributed by atoms with Crippen LogP contribution in [0.25, 0.3) is 0 Å². The van der Waals surface area contributed by atoms with Gasteiger partial charge in [0, 0.05) is 29.8 Å². The molecule has 2 atom stereocenters. The average molecular weight is 410 g/mol. The Morgan fingerprint density at radius 3 is 2.40 bits per heavy atom. The molecule has 2 N–H and O–H groups in total. The van der Waals surface area contributed by atoms with E-state index in [2.05, 4.69) is 11.5 Å². The number of benzene rings is 2. The lowest BCUT2D eigenvalue weighted by Gasteiger charge is -2.44. The second-order valence-corrected chi connectivity index (χ2v) is 8.50. The van der Waals surface area contributed by atoms with Crippen LogP contribution in [-0.2, 0) is 18.6 Å². The van der Waals surface area contributed by atoms with Crippen molar-refractivity contribution in [3.05, 3.63) is 65.7 Å². The highest BCUT2D eigenvalue weighted by Gasteiger charge is 2.49. The third-order valence-electron chi connectivity index (χ3n) is 6.69. The molecule has 0 aromatic heterocycles. The Morgan fingerprint density at radius 2 is 1.77 bits per heavy atom. The highest BCUT2D eigenvalue weighted by atomic mass is 16.5. The Morgan fingerprint density at radius 1 is 1.10 bits per heavy atom. The first kappa shape index (κ1) is 20.8. The summed E-state index contributed by atoms with van der Waals surface area (Å²) in [6.45, 7) is 4.57. The number of para-hydroxylation sites is 1. The van der Waals surface area contributed by atoms with E-state index in [0.29, 0.717) is 37.1 Å². The maximum absolute atomic E-state index is 11.6. The quantitative estimate of drug-likeness (QED) is 0.673. The van der Waals surface area contributed by atoms with Crippen molar-refractivity contribution in [1.29, 1.82) is 0 Å². The van der Waals surface area contributed by atoms with Crippen LogP contribution >= 0.6 is 0 Å². The number of piperidine rings is 1. The molecule has 2 bridgehead atoms. The normalized spacial score (nSPS) is 25.8. The van der Waals surface area contributed by atoms with Crippen LogP contribution in [0.4, 0.5) is 0 Å². The lowest BCUT2D eigenvalue weighted by molar-refractivity contribution is -0.0606. The van der Waals surface area contributed by atoms with Gasteiger partial charge in [0.05, 0.1) is 19.8 Å². The zero-order chi connectivity index (χ0) is 21.3. The van der Waals surface area contributed by atoms with Crippen LogP contribution in [0.15, 0.2) is 49.1 Å². The summed E-state index contributed by atoms with van der Waals surface area (Å²) in [5, 5.41) is 22.0. The molecule has 2 aliphatic heterocycles. The van der Waals surface area contributed by atoms with Crippen molar-refractivity contribution in [3.63, 3.8) is 0 Å². The number of ether oxygens (including phenoxy) is 2. The largest absolute Gasteiger partial charge is 0.504 e. The number of nitrogens with zero attached hydrogens (tertiary/aromatic N) is 1. The molecule has 2 heterocycles. The highest BCUT2D eigenvalue weighted by Crippen LogP contribution is 2.48. The van der Waals surface area contributed by atoms with E-state index in [4.69, 9.17) is 9.47 Å². The molecule has 0 radical (unpaired) electrons. The minimum Gasteiger partial charge on any atom is -0.504 e. The number of aliphatic hydroxyl groups is 1. The number of rotatable bonds is 7. The van der Waals surface area contributed by atoms with Gasteiger partial charge in [0.25, 0.3) is 0 Å². The number of allylic oxidation sites excluding steroid dienone is 1. The monoisotopic (exact) mass is 409 g/mol. The number of aromatic hydroxyl groups is 1. The number of hydrogen-bond acceptors (Lipinski definition) is 5. The molecule has 0 amide bonds. The highest BCUT2D eigenvalue weighted by molar-refractivity contribution is 5.49.